The third-order valence-electron chi connectivity index (χ3n) is 2.81. The molecule has 2 aromatic rings. The predicted octanol–water partition coefficient (Wildman–Crippen LogP) is 1.81. The minimum atomic E-state index is -2.98. The van der Waals surface area contributed by atoms with Gasteiger partial charge in [-0.3, -0.25) is 4.79 Å². The van der Waals surface area contributed by atoms with Crippen LogP contribution >= 0.6 is 0 Å². The molecule has 1 aromatic carbocycles. The molecule has 0 saturated heterocycles. The van der Waals surface area contributed by atoms with E-state index < -0.39 is 12.6 Å². The first-order valence-corrected chi connectivity index (χ1v) is 6.32. The fourth-order valence-electron chi connectivity index (χ4n) is 1.87. The minimum Gasteiger partial charge on any atom is -0.481 e. The molecule has 9 heteroatoms. The number of ether oxygens (including phenoxy) is 1. The van der Waals surface area contributed by atoms with E-state index in [1.807, 2.05) is 0 Å². The third-order valence-corrected chi connectivity index (χ3v) is 2.81. The predicted molar refractivity (Wildman–Crippen MR) is 70.2 cm³/mol. The Morgan fingerprint density at radius 1 is 1.45 bits per heavy atom. The monoisotopic (exact) mass is 313 g/mol. The zero-order valence-corrected chi connectivity index (χ0v) is 11.3. The number of hydrogen-bond acceptors (Lipinski definition) is 6. The summed E-state index contributed by atoms with van der Waals surface area (Å²) in [6.45, 7) is -3.03. The van der Waals surface area contributed by atoms with Gasteiger partial charge in [0.15, 0.2) is 0 Å². The van der Waals surface area contributed by atoms with Crippen molar-refractivity contribution in [2.24, 2.45) is 5.73 Å². The van der Waals surface area contributed by atoms with Crippen molar-refractivity contribution in [1.82, 2.24) is 10.1 Å². The van der Waals surface area contributed by atoms with Gasteiger partial charge in [0.05, 0.1) is 6.42 Å². The molecule has 3 N–H and O–H groups in total. The average molecular weight is 313 g/mol. The van der Waals surface area contributed by atoms with Gasteiger partial charge in [-0.1, -0.05) is 17.3 Å². The molecule has 0 atom stereocenters. The number of aliphatic carboxylic acids is 1. The topological polar surface area (TPSA) is 111 Å². The summed E-state index contributed by atoms with van der Waals surface area (Å²) in [4.78, 5) is 14.5. The second-order valence-corrected chi connectivity index (χ2v) is 4.27. The first-order valence-electron chi connectivity index (χ1n) is 6.32. The lowest BCUT2D eigenvalue weighted by molar-refractivity contribution is -0.137. The maximum atomic E-state index is 12.4. The Labute approximate surface area is 123 Å². The third kappa shape index (κ3) is 3.76. The summed E-state index contributed by atoms with van der Waals surface area (Å²) in [5.74, 6) is -0.775. The number of nitrogens with two attached hydrogens (primary N) is 1. The largest absolute Gasteiger partial charge is 0.481 e. The zero-order chi connectivity index (χ0) is 16.1. The van der Waals surface area contributed by atoms with E-state index in [1.54, 1.807) is 6.07 Å². The van der Waals surface area contributed by atoms with Crippen LogP contribution in [0.1, 0.15) is 17.9 Å². The minimum absolute atomic E-state index is 0.0583. The summed E-state index contributed by atoms with van der Waals surface area (Å²) >= 11 is 0. The molecular formula is C13H13F2N3O4. The Kier molecular flexibility index (Phi) is 4.99. The quantitative estimate of drug-likeness (QED) is 0.801. The summed E-state index contributed by atoms with van der Waals surface area (Å²) in [6.07, 6.45) is -0.0760. The molecule has 22 heavy (non-hydrogen) atoms. The Bertz CT molecular complexity index is 660. The van der Waals surface area contributed by atoms with Crippen molar-refractivity contribution >= 4 is 5.97 Å². The van der Waals surface area contributed by atoms with E-state index in [1.165, 1.54) is 12.1 Å². The smallest absolute Gasteiger partial charge is 0.387 e. The number of aryl methyl sites for hydroxylation is 1. The number of halogens is 2. The van der Waals surface area contributed by atoms with Gasteiger partial charge < -0.3 is 20.1 Å². The molecule has 0 bridgehead atoms. The van der Waals surface area contributed by atoms with Gasteiger partial charge in [-0.15, -0.1) is 0 Å². The number of carbonyl (C=O) groups is 1. The van der Waals surface area contributed by atoms with E-state index in [0.717, 1.165) is 0 Å². The van der Waals surface area contributed by atoms with Crippen LogP contribution < -0.4 is 10.5 Å². The average Bonchev–Trinajstić information content (AvgIpc) is 2.93. The molecule has 0 saturated carbocycles. The van der Waals surface area contributed by atoms with Crippen LogP contribution in [-0.2, 0) is 17.8 Å². The molecule has 118 valence electrons. The summed E-state index contributed by atoms with van der Waals surface area (Å²) in [5.41, 5.74) is 6.29. The van der Waals surface area contributed by atoms with Gasteiger partial charge in [0.1, 0.15) is 5.75 Å². The molecule has 1 aromatic heterocycles. The van der Waals surface area contributed by atoms with Crippen LogP contribution in [0.25, 0.3) is 11.4 Å². The molecule has 0 radical (unpaired) electrons. The van der Waals surface area contributed by atoms with E-state index >= 15 is 0 Å². The highest BCUT2D eigenvalue weighted by Gasteiger charge is 2.17. The summed E-state index contributed by atoms with van der Waals surface area (Å²) in [7, 11) is 0. The lowest BCUT2D eigenvalue weighted by Crippen LogP contribution is -2.08. The van der Waals surface area contributed by atoms with Crippen LogP contribution in [0.5, 0.6) is 5.75 Å². The standard InChI is InChI=1S/C13H13F2N3O4/c14-13(15)21-9-3-1-2-7(8(9)6-16)12-17-10(22-18-12)4-5-11(19)20/h1-3,13H,4-6,16H2,(H,19,20). The molecule has 0 spiro atoms. The maximum Gasteiger partial charge on any atom is 0.387 e. The maximum absolute atomic E-state index is 12.4. The SMILES string of the molecule is NCc1c(OC(F)F)cccc1-c1noc(CCC(=O)O)n1. The number of nitrogens with zero attached hydrogens (tertiary/aromatic N) is 2. The lowest BCUT2D eigenvalue weighted by atomic mass is 10.1. The van der Waals surface area contributed by atoms with E-state index in [0.29, 0.717) is 11.1 Å². The van der Waals surface area contributed by atoms with Crippen LogP contribution in [0.3, 0.4) is 0 Å². The van der Waals surface area contributed by atoms with Crippen LogP contribution in [0.4, 0.5) is 8.78 Å². The lowest BCUT2D eigenvalue weighted by Gasteiger charge is -2.11. The fourth-order valence-corrected chi connectivity index (χ4v) is 1.87. The van der Waals surface area contributed by atoms with Crippen molar-refractivity contribution in [3.05, 3.63) is 29.7 Å². The van der Waals surface area contributed by atoms with Gasteiger partial charge in [-0.05, 0) is 6.07 Å². The molecule has 0 amide bonds. The van der Waals surface area contributed by atoms with Crippen LogP contribution in [-0.4, -0.2) is 27.8 Å². The second-order valence-electron chi connectivity index (χ2n) is 4.27. The molecule has 0 fully saturated rings. The molecule has 7 nitrogen and oxygen atoms in total. The number of alkyl halides is 2. The zero-order valence-electron chi connectivity index (χ0n) is 11.3. The van der Waals surface area contributed by atoms with Gasteiger partial charge in [0.2, 0.25) is 11.7 Å². The number of aromatic nitrogens is 2. The van der Waals surface area contributed by atoms with Crippen LogP contribution in [0.15, 0.2) is 22.7 Å². The van der Waals surface area contributed by atoms with Crippen molar-refractivity contribution in [1.29, 1.82) is 0 Å². The molecule has 0 aliphatic heterocycles. The molecule has 0 unspecified atom stereocenters. The number of benzene rings is 1. The van der Waals surface area contributed by atoms with Crippen molar-refractivity contribution in [2.45, 2.75) is 26.0 Å². The van der Waals surface area contributed by atoms with E-state index in [2.05, 4.69) is 14.9 Å². The molecule has 0 aliphatic carbocycles. The highest BCUT2D eigenvalue weighted by molar-refractivity contribution is 5.67. The van der Waals surface area contributed by atoms with Crippen molar-refractivity contribution in [3.8, 4) is 17.1 Å². The first kappa shape index (κ1) is 15.8. The molecular weight excluding hydrogens is 300 g/mol. The van der Waals surface area contributed by atoms with Crippen molar-refractivity contribution < 1.29 is 27.9 Å². The summed E-state index contributed by atoms with van der Waals surface area (Å²) < 4.78 is 34.1. The Morgan fingerprint density at radius 3 is 2.86 bits per heavy atom. The second kappa shape index (κ2) is 6.94. The normalized spacial score (nSPS) is 10.9. The van der Waals surface area contributed by atoms with Crippen LogP contribution in [0.2, 0.25) is 0 Å². The highest BCUT2D eigenvalue weighted by Crippen LogP contribution is 2.29. The first-order chi connectivity index (χ1) is 10.5. The summed E-state index contributed by atoms with van der Waals surface area (Å²) in [6, 6.07) is 4.45. The fraction of sp³-hybridized carbons (Fsp3) is 0.308. The van der Waals surface area contributed by atoms with Gasteiger partial charge in [-0.2, -0.15) is 13.8 Å². The molecule has 0 aliphatic rings. The number of rotatable bonds is 7. The highest BCUT2D eigenvalue weighted by atomic mass is 19.3. The Hall–Kier alpha value is -2.55. The van der Waals surface area contributed by atoms with Crippen LogP contribution in [0, 0.1) is 0 Å². The van der Waals surface area contributed by atoms with Gasteiger partial charge in [0, 0.05) is 24.1 Å². The Morgan fingerprint density at radius 2 is 2.23 bits per heavy atom. The van der Waals surface area contributed by atoms with Gasteiger partial charge >= 0.3 is 12.6 Å². The van der Waals surface area contributed by atoms with Gasteiger partial charge in [0.25, 0.3) is 0 Å². The molecule has 2 rings (SSSR count). The number of hydrogen-bond donors (Lipinski definition) is 2. The van der Waals surface area contributed by atoms with E-state index in [-0.39, 0.29) is 36.9 Å². The van der Waals surface area contributed by atoms with Gasteiger partial charge in [-0.25, -0.2) is 0 Å². The van der Waals surface area contributed by atoms with Crippen molar-refractivity contribution in [2.75, 3.05) is 0 Å². The van der Waals surface area contributed by atoms with E-state index in [4.69, 9.17) is 15.4 Å². The van der Waals surface area contributed by atoms with Crippen molar-refractivity contribution in [3.63, 3.8) is 0 Å². The number of carboxylic acids is 1. The summed E-state index contributed by atoms with van der Waals surface area (Å²) in [5, 5.41) is 12.3. The molecule has 1 heterocycles. The number of carboxylic acid groups (broad SMARTS) is 1. The Balaban J connectivity index is 2.30. The van der Waals surface area contributed by atoms with E-state index in [9.17, 15) is 13.6 Å².